The van der Waals surface area contributed by atoms with Gasteiger partial charge in [-0.15, -0.1) is 0 Å². The summed E-state index contributed by atoms with van der Waals surface area (Å²) in [6.07, 6.45) is 1.04. The van der Waals surface area contributed by atoms with Crippen LogP contribution in [0.3, 0.4) is 0 Å². The van der Waals surface area contributed by atoms with Crippen LogP contribution in [0.25, 0.3) is 0 Å². The molecule has 0 aromatic heterocycles. The maximum Gasteiger partial charge on any atom is 0.146 e. The molecule has 1 heterocycles. The second kappa shape index (κ2) is 3.56. The van der Waals surface area contributed by atoms with Crippen LogP contribution in [0, 0.1) is 0 Å². The highest BCUT2D eigenvalue weighted by molar-refractivity contribution is 5.59. The third-order valence-corrected chi connectivity index (χ3v) is 2.08. The summed E-state index contributed by atoms with van der Waals surface area (Å²) >= 11 is 0. The van der Waals surface area contributed by atoms with Gasteiger partial charge in [0.1, 0.15) is 11.5 Å². The summed E-state index contributed by atoms with van der Waals surface area (Å²) in [6.45, 7) is 1.74. The van der Waals surface area contributed by atoms with E-state index in [-0.39, 0.29) is 0 Å². The van der Waals surface area contributed by atoms with Gasteiger partial charge in [-0.05, 0) is 18.6 Å². The Balaban J connectivity index is 2.32. The summed E-state index contributed by atoms with van der Waals surface area (Å²) < 4.78 is 10.7. The Morgan fingerprint density at radius 1 is 1.46 bits per heavy atom. The van der Waals surface area contributed by atoms with Gasteiger partial charge in [0.2, 0.25) is 0 Å². The van der Waals surface area contributed by atoms with E-state index in [0.717, 1.165) is 36.8 Å². The maximum absolute atomic E-state index is 5.55. The summed E-state index contributed by atoms with van der Waals surface area (Å²) in [6, 6.07) is 5.83. The molecule has 0 saturated carbocycles. The molecule has 1 aromatic carbocycles. The molecule has 0 amide bonds. The Bertz CT molecular complexity index is 299. The molecule has 1 aliphatic heterocycles. The van der Waals surface area contributed by atoms with E-state index in [2.05, 4.69) is 5.32 Å². The molecule has 1 aromatic rings. The van der Waals surface area contributed by atoms with Gasteiger partial charge in [-0.3, -0.25) is 0 Å². The molecular weight excluding hydrogens is 166 g/mol. The average Bonchev–Trinajstić information content (AvgIpc) is 2.41. The highest BCUT2D eigenvalue weighted by Crippen LogP contribution is 2.30. The fourth-order valence-corrected chi connectivity index (χ4v) is 1.37. The van der Waals surface area contributed by atoms with E-state index >= 15 is 0 Å². The van der Waals surface area contributed by atoms with Crippen molar-refractivity contribution in [1.82, 2.24) is 0 Å². The minimum Gasteiger partial charge on any atom is -0.497 e. The zero-order chi connectivity index (χ0) is 9.10. The quantitative estimate of drug-likeness (QED) is 0.714. The molecule has 0 saturated heterocycles. The molecule has 0 spiro atoms. The summed E-state index contributed by atoms with van der Waals surface area (Å²) in [5.41, 5.74) is 1.05. The second-order valence-electron chi connectivity index (χ2n) is 2.99. The lowest BCUT2D eigenvalue weighted by Gasteiger charge is -2.08. The monoisotopic (exact) mass is 179 g/mol. The Morgan fingerprint density at radius 3 is 3.23 bits per heavy atom. The molecule has 2 rings (SSSR count). The highest BCUT2D eigenvalue weighted by Gasteiger charge is 2.08. The van der Waals surface area contributed by atoms with Crippen LogP contribution in [0.5, 0.6) is 11.5 Å². The molecule has 0 unspecified atom stereocenters. The molecule has 13 heavy (non-hydrogen) atoms. The minimum atomic E-state index is 0.771. The Morgan fingerprint density at radius 2 is 2.38 bits per heavy atom. The van der Waals surface area contributed by atoms with Crippen molar-refractivity contribution in [1.29, 1.82) is 0 Å². The minimum absolute atomic E-state index is 0.771. The van der Waals surface area contributed by atoms with Crippen LogP contribution in [0.2, 0.25) is 0 Å². The number of nitrogens with one attached hydrogen (secondary N) is 1. The topological polar surface area (TPSA) is 30.5 Å². The first-order valence-electron chi connectivity index (χ1n) is 4.45. The first-order valence-corrected chi connectivity index (χ1v) is 4.45. The molecule has 3 heteroatoms. The number of anilines is 1. The number of hydrogen-bond acceptors (Lipinski definition) is 3. The van der Waals surface area contributed by atoms with Crippen molar-refractivity contribution in [3.63, 3.8) is 0 Å². The van der Waals surface area contributed by atoms with Gasteiger partial charge in [-0.25, -0.2) is 0 Å². The van der Waals surface area contributed by atoms with Crippen molar-refractivity contribution in [3.05, 3.63) is 18.2 Å². The molecule has 0 fully saturated rings. The van der Waals surface area contributed by atoms with E-state index in [1.54, 1.807) is 7.11 Å². The van der Waals surface area contributed by atoms with E-state index in [9.17, 15) is 0 Å². The summed E-state index contributed by atoms with van der Waals surface area (Å²) in [5.74, 6) is 1.72. The summed E-state index contributed by atoms with van der Waals surface area (Å²) in [5, 5.41) is 3.30. The second-order valence-corrected chi connectivity index (χ2v) is 2.99. The molecule has 1 aliphatic rings. The lowest BCUT2D eigenvalue weighted by Crippen LogP contribution is -1.99. The van der Waals surface area contributed by atoms with E-state index < -0.39 is 0 Å². The third kappa shape index (κ3) is 1.69. The maximum atomic E-state index is 5.55. The summed E-state index contributed by atoms with van der Waals surface area (Å²) in [4.78, 5) is 0. The standard InChI is InChI=1S/C10H13NO2/c1-12-8-3-4-9-10(7-8)13-6-2-5-11-9/h3-4,7,11H,2,5-6H2,1H3. The van der Waals surface area contributed by atoms with Gasteiger partial charge in [-0.1, -0.05) is 0 Å². The molecular formula is C10H13NO2. The van der Waals surface area contributed by atoms with E-state index in [0.29, 0.717) is 0 Å². The fourth-order valence-electron chi connectivity index (χ4n) is 1.37. The van der Waals surface area contributed by atoms with Crippen molar-refractivity contribution in [3.8, 4) is 11.5 Å². The Hall–Kier alpha value is -1.38. The van der Waals surface area contributed by atoms with Gasteiger partial charge in [0.05, 0.1) is 19.4 Å². The van der Waals surface area contributed by atoms with Gasteiger partial charge < -0.3 is 14.8 Å². The zero-order valence-electron chi connectivity index (χ0n) is 7.67. The first-order chi connectivity index (χ1) is 6.40. The molecule has 0 aliphatic carbocycles. The first kappa shape index (κ1) is 8.23. The summed E-state index contributed by atoms with van der Waals surface area (Å²) in [7, 11) is 1.66. The molecule has 0 atom stereocenters. The van der Waals surface area contributed by atoms with Crippen molar-refractivity contribution in [2.24, 2.45) is 0 Å². The number of benzene rings is 1. The molecule has 70 valence electrons. The van der Waals surface area contributed by atoms with Gasteiger partial charge in [0.25, 0.3) is 0 Å². The predicted molar refractivity (Wildman–Crippen MR) is 51.6 cm³/mol. The molecule has 1 N–H and O–H groups in total. The Labute approximate surface area is 77.7 Å². The smallest absolute Gasteiger partial charge is 0.146 e. The number of rotatable bonds is 1. The van der Waals surface area contributed by atoms with Crippen LogP contribution in [0.15, 0.2) is 18.2 Å². The largest absolute Gasteiger partial charge is 0.497 e. The predicted octanol–water partition coefficient (Wildman–Crippen LogP) is 1.89. The van der Waals surface area contributed by atoms with Crippen LogP contribution in [-0.2, 0) is 0 Å². The van der Waals surface area contributed by atoms with E-state index in [1.807, 2.05) is 18.2 Å². The number of hydrogen-bond donors (Lipinski definition) is 1. The van der Waals surface area contributed by atoms with Crippen molar-refractivity contribution >= 4 is 5.69 Å². The molecule has 0 radical (unpaired) electrons. The SMILES string of the molecule is COc1ccc2c(c1)OCCCN2. The van der Waals surface area contributed by atoms with E-state index in [1.165, 1.54) is 0 Å². The molecule has 0 bridgehead atoms. The van der Waals surface area contributed by atoms with Crippen LogP contribution >= 0.6 is 0 Å². The van der Waals surface area contributed by atoms with E-state index in [4.69, 9.17) is 9.47 Å². The van der Waals surface area contributed by atoms with Gasteiger partial charge in [0, 0.05) is 12.6 Å². The zero-order valence-corrected chi connectivity index (χ0v) is 7.67. The normalized spacial score (nSPS) is 14.8. The Kier molecular flexibility index (Phi) is 2.25. The van der Waals surface area contributed by atoms with Crippen LogP contribution in [0.1, 0.15) is 6.42 Å². The van der Waals surface area contributed by atoms with Crippen LogP contribution in [0.4, 0.5) is 5.69 Å². The number of methoxy groups -OCH3 is 1. The fraction of sp³-hybridized carbons (Fsp3) is 0.400. The van der Waals surface area contributed by atoms with Crippen molar-refractivity contribution in [2.75, 3.05) is 25.6 Å². The van der Waals surface area contributed by atoms with Crippen molar-refractivity contribution in [2.45, 2.75) is 6.42 Å². The lowest BCUT2D eigenvalue weighted by molar-refractivity contribution is 0.320. The van der Waals surface area contributed by atoms with Gasteiger partial charge >= 0.3 is 0 Å². The highest BCUT2D eigenvalue weighted by atomic mass is 16.5. The van der Waals surface area contributed by atoms with Gasteiger partial charge in [0.15, 0.2) is 0 Å². The van der Waals surface area contributed by atoms with Crippen LogP contribution in [-0.4, -0.2) is 20.3 Å². The van der Waals surface area contributed by atoms with Crippen molar-refractivity contribution < 1.29 is 9.47 Å². The molecule has 3 nitrogen and oxygen atoms in total. The van der Waals surface area contributed by atoms with Crippen LogP contribution < -0.4 is 14.8 Å². The average molecular weight is 179 g/mol. The van der Waals surface area contributed by atoms with Gasteiger partial charge in [-0.2, -0.15) is 0 Å². The third-order valence-electron chi connectivity index (χ3n) is 2.08. The number of ether oxygens (including phenoxy) is 2. The number of fused-ring (bicyclic) bond motifs is 1. The lowest BCUT2D eigenvalue weighted by atomic mass is 10.2.